The Labute approximate surface area is 278 Å². The van der Waals surface area contributed by atoms with E-state index in [1.807, 2.05) is 66.9 Å². The molecule has 0 spiro atoms. The molecule has 2 atom stereocenters. The van der Waals surface area contributed by atoms with Crippen molar-refractivity contribution in [1.29, 1.82) is 0 Å². The Morgan fingerprint density at radius 2 is 1.56 bits per heavy atom. The van der Waals surface area contributed by atoms with Crippen LogP contribution >= 0.6 is 0 Å². The topological polar surface area (TPSA) is 153 Å². The molecule has 0 saturated heterocycles. The second-order valence-electron chi connectivity index (χ2n) is 11.7. The lowest BCUT2D eigenvalue weighted by Crippen LogP contribution is -2.24. The molecule has 0 bridgehead atoms. The van der Waals surface area contributed by atoms with Gasteiger partial charge in [0, 0.05) is 29.9 Å². The van der Waals surface area contributed by atoms with Gasteiger partial charge >= 0.3 is 5.97 Å². The number of para-hydroxylation sites is 1. The average Bonchev–Trinajstić information content (AvgIpc) is 3.40. The van der Waals surface area contributed by atoms with Gasteiger partial charge in [0.15, 0.2) is 0 Å². The molecule has 1 aromatic heterocycles. The van der Waals surface area contributed by atoms with Crippen molar-refractivity contribution < 1.29 is 38.9 Å². The van der Waals surface area contributed by atoms with E-state index in [1.165, 1.54) is 12.1 Å². The molecule has 254 valence electrons. The minimum atomic E-state index is -1.19. The van der Waals surface area contributed by atoms with Gasteiger partial charge in [-0.3, -0.25) is 9.59 Å². The number of aliphatic hydroxyl groups excluding tert-OH is 2. The van der Waals surface area contributed by atoms with Gasteiger partial charge in [-0.25, -0.2) is 4.39 Å². The summed E-state index contributed by atoms with van der Waals surface area (Å²) in [7, 11) is 0. The number of nitrogens with one attached hydrogen (secondary N) is 1. The van der Waals surface area contributed by atoms with E-state index in [4.69, 9.17) is 4.74 Å². The fraction of sp³-hybridized carbons (Fsp3) is 0.333. The predicted molar refractivity (Wildman–Crippen MR) is 178 cm³/mol. The lowest BCUT2D eigenvalue weighted by molar-refractivity contribution is -0.757. The molecule has 0 aliphatic heterocycles. The molecule has 0 unspecified atom stereocenters. The molecular formula is C36H40FN3O8. The van der Waals surface area contributed by atoms with Crippen LogP contribution in [0.1, 0.15) is 61.5 Å². The predicted octanol–water partition coefficient (Wildman–Crippen LogP) is 6.37. The Morgan fingerprint density at radius 3 is 2.19 bits per heavy atom. The van der Waals surface area contributed by atoms with E-state index in [0.717, 1.165) is 11.3 Å². The monoisotopic (exact) mass is 661 g/mol. The number of benzene rings is 3. The van der Waals surface area contributed by atoms with Crippen LogP contribution in [0.5, 0.6) is 0 Å². The first-order chi connectivity index (χ1) is 23.0. The Morgan fingerprint density at radius 1 is 0.917 bits per heavy atom. The first kappa shape index (κ1) is 35.8. The molecule has 0 fully saturated rings. The Kier molecular flexibility index (Phi) is 12.8. The quantitative estimate of drug-likeness (QED) is 0.0511. The van der Waals surface area contributed by atoms with Gasteiger partial charge in [-0.2, -0.15) is 0 Å². The maximum atomic E-state index is 14.2. The molecule has 1 heterocycles. The van der Waals surface area contributed by atoms with E-state index in [9.17, 15) is 34.3 Å². The number of rotatable bonds is 17. The molecule has 3 N–H and O–H groups in total. The fourth-order valence-corrected chi connectivity index (χ4v) is 5.64. The Hall–Kier alpha value is -5.07. The number of nitrogens with zero attached hydrogens (tertiary/aromatic N) is 2. The largest absolute Gasteiger partial charge is 0.466 e. The van der Waals surface area contributed by atoms with Crippen molar-refractivity contribution in [3.63, 3.8) is 0 Å². The fourth-order valence-electron chi connectivity index (χ4n) is 5.64. The number of anilines is 1. The number of hydrogen-bond donors (Lipinski definition) is 3. The SMILES string of the molecule is CC(C)c1c(C(=O)Nc2ccccc2)c(-c2ccccc2)c(-c2ccc(F)cc2)n1CC[C@@H](O)C[C@@H](O)CC(=O)OCCCO[N+](=O)[O-]. The van der Waals surface area contributed by atoms with Crippen molar-refractivity contribution >= 4 is 17.6 Å². The third-order valence-corrected chi connectivity index (χ3v) is 7.67. The van der Waals surface area contributed by atoms with Crippen LogP contribution in [0.2, 0.25) is 0 Å². The molecule has 4 aromatic rings. The summed E-state index contributed by atoms with van der Waals surface area (Å²) in [6.07, 6.45) is -2.41. The van der Waals surface area contributed by atoms with Gasteiger partial charge in [-0.15, -0.1) is 10.1 Å². The molecule has 1 amide bonds. The van der Waals surface area contributed by atoms with Crippen molar-refractivity contribution in [2.24, 2.45) is 0 Å². The first-order valence-electron chi connectivity index (χ1n) is 15.8. The number of esters is 1. The zero-order chi connectivity index (χ0) is 34.6. The minimum absolute atomic E-state index is 0.107. The number of ether oxygens (including phenoxy) is 1. The first-order valence-corrected chi connectivity index (χ1v) is 15.8. The third-order valence-electron chi connectivity index (χ3n) is 7.67. The molecule has 0 aliphatic carbocycles. The lowest BCUT2D eigenvalue weighted by atomic mass is 9.94. The highest BCUT2D eigenvalue weighted by atomic mass is 19.1. The van der Waals surface area contributed by atoms with Crippen LogP contribution in [-0.4, -0.2) is 57.2 Å². The number of aromatic nitrogens is 1. The third kappa shape index (κ3) is 9.72. The highest BCUT2D eigenvalue weighted by Gasteiger charge is 2.31. The van der Waals surface area contributed by atoms with Gasteiger partial charge < -0.3 is 29.7 Å². The van der Waals surface area contributed by atoms with Crippen LogP contribution in [0.15, 0.2) is 84.9 Å². The van der Waals surface area contributed by atoms with Crippen LogP contribution in [0, 0.1) is 15.9 Å². The highest BCUT2D eigenvalue weighted by Crippen LogP contribution is 2.42. The van der Waals surface area contributed by atoms with Crippen molar-refractivity contribution in [1.82, 2.24) is 4.57 Å². The smallest absolute Gasteiger partial charge is 0.308 e. The molecule has 4 rings (SSSR count). The lowest BCUT2D eigenvalue weighted by Gasteiger charge is -2.20. The van der Waals surface area contributed by atoms with Crippen LogP contribution in [0.3, 0.4) is 0 Å². The molecule has 12 heteroatoms. The number of halogens is 1. The second-order valence-corrected chi connectivity index (χ2v) is 11.7. The van der Waals surface area contributed by atoms with E-state index in [0.29, 0.717) is 28.1 Å². The van der Waals surface area contributed by atoms with Gasteiger partial charge in [-0.1, -0.05) is 62.4 Å². The van der Waals surface area contributed by atoms with Gasteiger partial charge in [0.1, 0.15) is 5.82 Å². The molecule has 0 saturated carbocycles. The van der Waals surface area contributed by atoms with E-state index >= 15 is 0 Å². The maximum Gasteiger partial charge on any atom is 0.308 e. The van der Waals surface area contributed by atoms with Crippen molar-refractivity contribution in [3.8, 4) is 22.4 Å². The van der Waals surface area contributed by atoms with Gasteiger partial charge in [0.25, 0.3) is 11.0 Å². The zero-order valence-electron chi connectivity index (χ0n) is 26.9. The van der Waals surface area contributed by atoms with Gasteiger partial charge in [0.05, 0.1) is 43.1 Å². The summed E-state index contributed by atoms with van der Waals surface area (Å²) in [5.74, 6) is -1.57. The summed E-state index contributed by atoms with van der Waals surface area (Å²) >= 11 is 0. The van der Waals surface area contributed by atoms with Crippen LogP contribution in [0.25, 0.3) is 22.4 Å². The zero-order valence-corrected chi connectivity index (χ0v) is 26.9. The van der Waals surface area contributed by atoms with Crippen molar-refractivity contribution in [2.45, 2.75) is 64.2 Å². The molecule has 0 aliphatic rings. The molecule has 48 heavy (non-hydrogen) atoms. The van der Waals surface area contributed by atoms with Gasteiger partial charge in [0.2, 0.25) is 0 Å². The Balaban J connectivity index is 1.64. The number of amides is 1. The molecule has 0 radical (unpaired) electrons. The van der Waals surface area contributed by atoms with E-state index < -0.39 is 29.1 Å². The van der Waals surface area contributed by atoms with Crippen LogP contribution in [0.4, 0.5) is 10.1 Å². The molecule has 3 aromatic carbocycles. The minimum Gasteiger partial charge on any atom is -0.466 e. The molecular weight excluding hydrogens is 621 g/mol. The van der Waals surface area contributed by atoms with Crippen LogP contribution < -0.4 is 5.32 Å². The summed E-state index contributed by atoms with van der Waals surface area (Å²) in [6, 6.07) is 24.6. The van der Waals surface area contributed by atoms with E-state index in [2.05, 4.69) is 10.2 Å². The van der Waals surface area contributed by atoms with E-state index in [1.54, 1.807) is 24.3 Å². The standard InChI is InChI=1S/C36H40FN3O8/c1-24(2)34-33(36(44)38-28-12-7-4-8-13-28)32(25-10-5-3-6-11-25)35(26-14-16-27(37)17-15-26)39(34)19-18-29(41)22-30(42)23-31(43)47-20-9-21-48-40(45)46/h3-8,10-17,24,29-30,41-42H,9,18-23H2,1-2H3,(H,38,44)/t29-,30-/m1/s1. The number of carbonyl (C=O) groups is 2. The summed E-state index contributed by atoms with van der Waals surface area (Å²) < 4.78 is 21.1. The molecule has 11 nitrogen and oxygen atoms in total. The second kappa shape index (κ2) is 17.2. The van der Waals surface area contributed by atoms with Gasteiger partial charge in [-0.05, 0) is 66.3 Å². The summed E-state index contributed by atoms with van der Waals surface area (Å²) in [6.45, 7) is 3.87. The number of carbonyl (C=O) groups excluding carboxylic acids is 2. The average molecular weight is 662 g/mol. The van der Waals surface area contributed by atoms with Crippen LogP contribution in [-0.2, 0) is 20.9 Å². The van der Waals surface area contributed by atoms with Crippen molar-refractivity contribution in [3.05, 3.63) is 112 Å². The summed E-state index contributed by atoms with van der Waals surface area (Å²) in [5.41, 5.74) is 4.62. The summed E-state index contributed by atoms with van der Waals surface area (Å²) in [4.78, 5) is 40.7. The maximum absolute atomic E-state index is 14.2. The number of hydrogen-bond acceptors (Lipinski definition) is 8. The normalized spacial score (nSPS) is 12.4. The van der Waals surface area contributed by atoms with Crippen molar-refractivity contribution in [2.75, 3.05) is 18.5 Å². The summed E-state index contributed by atoms with van der Waals surface area (Å²) in [5, 5.41) is 33.8. The Bertz CT molecular complexity index is 1660. The number of aliphatic hydroxyl groups is 2. The highest BCUT2D eigenvalue weighted by molar-refractivity contribution is 6.12. The van der Waals surface area contributed by atoms with E-state index in [-0.39, 0.29) is 57.3 Å².